The molecule has 1 aliphatic heterocycles. The molecule has 0 saturated carbocycles. The topological polar surface area (TPSA) is 0 Å². The smallest absolute Gasteiger partial charge is 0.0329 e. The number of rotatable bonds is 1. The Labute approximate surface area is 170 Å². The van der Waals surface area contributed by atoms with Gasteiger partial charge >= 0.3 is 0 Å². The van der Waals surface area contributed by atoms with Crippen LogP contribution in [0.25, 0.3) is 16.8 Å². The molecule has 2 atom stereocenters. The molecule has 2 aromatic carbocycles. The third kappa shape index (κ3) is 3.19. The normalized spacial score (nSPS) is 22.9. The van der Waals surface area contributed by atoms with Crippen LogP contribution in [0.15, 0.2) is 75.1 Å². The van der Waals surface area contributed by atoms with Crippen LogP contribution in [0.1, 0.15) is 50.8 Å². The van der Waals surface area contributed by atoms with E-state index in [0.717, 1.165) is 5.54 Å². The van der Waals surface area contributed by atoms with E-state index in [1.165, 1.54) is 49.7 Å². The Hall–Kier alpha value is -1.77. The minimum absolute atomic E-state index is 0.657. The minimum atomic E-state index is 0.657. The summed E-state index contributed by atoms with van der Waals surface area (Å²) in [7, 11) is 1.22. The molecule has 3 aliphatic rings. The highest BCUT2D eigenvalue weighted by Crippen LogP contribution is 2.51. The molecule has 2 heteroatoms. The van der Waals surface area contributed by atoms with Crippen LogP contribution >= 0.6 is 11.8 Å². The summed E-state index contributed by atoms with van der Waals surface area (Å²) in [5.41, 5.74) is 8.36. The van der Waals surface area contributed by atoms with E-state index in [4.69, 9.17) is 0 Å². The van der Waals surface area contributed by atoms with Crippen molar-refractivity contribution in [2.75, 3.05) is 0 Å². The van der Waals surface area contributed by atoms with Gasteiger partial charge in [-0.05, 0) is 59.5 Å². The number of thioether (sulfide) groups is 1. The van der Waals surface area contributed by atoms with Crippen molar-refractivity contribution in [3.05, 3.63) is 86.2 Å². The maximum atomic E-state index is 2.37. The van der Waals surface area contributed by atoms with Crippen molar-refractivity contribution in [2.45, 2.75) is 39.7 Å². The van der Waals surface area contributed by atoms with Gasteiger partial charge < -0.3 is 0 Å². The zero-order chi connectivity index (χ0) is 19.1. The van der Waals surface area contributed by atoms with Crippen molar-refractivity contribution in [1.82, 2.24) is 0 Å². The summed E-state index contributed by atoms with van der Waals surface area (Å²) >= 11 is 1.98. The maximum Gasteiger partial charge on any atom is 0.0329 e. The lowest BCUT2D eigenvalue weighted by Gasteiger charge is -2.08. The van der Waals surface area contributed by atoms with Crippen LogP contribution in [-0.2, 0) is 0 Å². The van der Waals surface area contributed by atoms with Gasteiger partial charge in [0.15, 0.2) is 0 Å². The molecule has 0 aromatic heterocycles. The Bertz CT molecular complexity index is 1040. The Morgan fingerprint density at radius 2 is 1.74 bits per heavy atom. The fourth-order valence-corrected chi connectivity index (χ4v) is 6.46. The van der Waals surface area contributed by atoms with E-state index in [1.807, 2.05) is 11.8 Å². The fourth-order valence-electron chi connectivity index (χ4n) is 4.46. The predicted molar refractivity (Wildman–Crippen MR) is 126 cm³/mol. The highest BCUT2D eigenvalue weighted by molar-refractivity contribution is 8.07. The van der Waals surface area contributed by atoms with Crippen molar-refractivity contribution in [3.63, 3.8) is 0 Å². The molecule has 0 saturated heterocycles. The van der Waals surface area contributed by atoms with Gasteiger partial charge in [-0.15, -0.1) is 0 Å². The molecule has 27 heavy (non-hydrogen) atoms. The van der Waals surface area contributed by atoms with Gasteiger partial charge in [-0.3, -0.25) is 0 Å². The van der Waals surface area contributed by atoms with Crippen molar-refractivity contribution in [2.24, 2.45) is 5.92 Å². The SMILES string of the molecule is CC1=Cc2c(ccc3ccccc23)C1[SiH3].CCC1=C(C)C2C(C)=CC=C2S1. The molecule has 0 spiro atoms. The Morgan fingerprint density at radius 3 is 2.48 bits per heavy atom. The largest absolute Gasteiger partial charge is 0.0981 e. The van der Waals surface area contributed by atoms with Gasteiger partial charge in [0.05, 0.1) is 0 Å². The molecule has 138 valence electrons. The second kappa shape index (κ2) is 7.33. The average molecular weight is 389 g/mol. The van der Waals surface area contributed by atoms with E-state index in [2.05, 4.69) is 82.3 Å². The van der Waals surface area contributed by atoms with E-state index >= 15 is 0 Å². The summed E-state index contributed by atoms with van der Waals surface area (Å²) < 4.78 is 0. The van der Waals surface area contributed by atoms with Crippen LogP contribution in [0.5, 0.6) is 0 Å². The second-order valence-corrected chi connectivity index (χ2v) is 10.2. The first-order chi connectivity index (χ1) is 13.0. The number of fused-ring (bicyclic) bond motifs is 4. The molecular formula is C25H28SSi. The number of allylic oxidation sites excluding steroid dienone is 7. The number of hydrogen-bond donors (Lipinski definition) is 0. The van der Waals surface area contributed by atoms with E-state index in [1.54, 1.807) is 15.4 Å². The molecule has 5 rings (SSSR count). The zero-order valence-corrected chi connectivity index (χ0v) is 19.8. The molecular weight excluding hydrogens is 360 g/mol. The van der Waals surface area contributed by atoms with Crippen LogP contribution in [0.2, 0.25) is 0 Å². The first-order valence-corrected chi connectivity index (χ1v) is 11.9. The molecule has 2 aromatic rings. The predicted octanol–water partition coefficient (Wildman–Crippen LogP) is 6.54. The summed E-state index contributed by atoms with van der Waals surface area (Å²) in [6.07, 6.45) is 8.09. The van der Waals surface area contributed by atoms with Gasteiger partial charge in [0.2, 0.25) is 0 Å². The molecule has 0 bridgehead atoms. The lowest BCUT2D eigenvalue weighted by atomic mass is 9.95. The van der Waals surface area contributed by atoms with E-state index < -0.39 is 0 Å². The van der Waals surface area contributed by atoms with Gasteiger partial charge in [-0.1, -0.05) is 90.0 Å². The van der Waals surface area contributed by atoms with Crippen LogP contribution in [0.4, 0.5) is 0 Å². The van der Waals surface area contributed by atoms with E-state index in [0.29, 0.717) is 5.92 Å². The Balaban J connectivity index is 0.000000137. The lowest BCUT2D eigenvalue weighted by Crippen LogP contribution is -1.96. The molecule has 0 amide bonds. The standard InChI is InChI=1S/C14H14Si.C11H14S/c1-9-8-13-11-5-3-2-4-10(11)6-7-12(13)14(9)15;1-4-9-8(3)11-7(2)5-6-10(11)12-9/h2-8,14H,1,15H3;5-6,11H,4H2,1-3H3. The van der Waals surface area contributed by atoms with Crippen molar-refractivity contribution in [3.8, 4) is 0 Å². The van der Waals surface area contributed by atoms with Crippen molar-refractivity contribution in [1.29, 1.82) is 0 Å². The molecule has 1 heterocycles. The van der Waals surface area contributed by atoms with Gasteiger partial charge in [0.25, 0.3) is 0 Å². The Kier molecular flexibility index (Phi) is 5.05. The molecule has 2 unspecified atom stereocenters. The van der Waals surface area contributed by atoms with Gasteiger partial charge in [-0.25, -0.2) is 0 Å². The van der Waals surface area contributed by atoms with E-state index in [-0.39, 0.29) is 0 Å². The molecule has 0 nitrogen and oxygen atoms in total. The quantitative estimate of drug-likeness (QED) is 0.500. The van der Waals surface area contributed by atoms with Crippen molar-refractivity contribution >= 4 is 38.9 Å². The van der Waals surface area contributed by atoms with Gasteiger partial charge in [0, 0.05) is 21.1 Å². The Morgan fingerprint density at radius 1 is 0.963 bits per heavy atom. The maximum absolute atomic E-state index is 2.37. The molecule has 0 radical (unpaired) electrons. The van der Waals surface area contributed by atoms with Crippen LogP contribution in [0.3, 0.4) is 0 Å². The zero-order valence-electron chi connectivity index (χ0n) is 17.0. The second-order valence-electron chi connectivity index (χ2n) is 7.87. The summed E-state index contributed by atoms with van der Waals surface area (Å²) in [4.78, 5) is 3.13. The summed E-state index contributed by atoms with van der Waals surface area (Å²) in [5, 5.41) is 2.77. The number of benzene rings is 2. The fraction of sp³-hybridized carbons (Fsp3) is 0.280. The van der Waals surface area contributed by atoms with Gasteiger partial charge in [-0.2, -0.15) is 0 Å². The third-order valence-corrected chi connectivity index (χ3v) is 9.21. The van der Waals surface area contributed by atoms with Crippen LogP contribution < -0.4 is 0 Å². The first-order valence-electron chi connectivity index (χ1n) is 9.97. The molecule has 0 fully saturated rings. The lowest BCUT2D eigenvalue weighted by molar-refractivity contribution is 0.895. The minimum Gasteiger partial charge on any atom is -0.0981 e. The van der Waals surface area contributed by atoms with Crippen LogP contribution in [-0.4, -0.2) is 10.2 Å². The average Bonchev–Trinajstić information content (AvgIpc) is 3.30. The first kappa shape index (κ1) is 18.6. The van der Waals surface area contributed by atoms with Crippen LogP contribution in [0, 0.1) is 5.92 Å². The molecule has 0 N–H and O–H groups in total. The highest BCUT2D eigenvalue weighted by atomic mass is 32.2. The van der Waals surface area contributed by atoms with Crippen molar-refractivity contribution < 1.29 is 0 Å². The summed E-state index contributed by atoms with van der Waals surface area (Å²) in [6.45, 7) is 9.01. The van der Waals surface area contributed by atoms with E-state index in [9.17, 15) is 0 Å². The van der Waals surface area contributed by atoms with Gasteiger partial charge in [0.1, 0.15) is 0 Å². The number of hydrogen-bond acceptors (Lipinski definition) is 1. The molecule has 2 aliphatic carbocycles. The third-order valence-electron chi connectivity index (χ3n) is 6.21. The highest BCUT2D eigenvalue weighted by Gasteiger charge is 2.30. The monoisotopic (exact) mass is 388 g/mol. The summed E-state index contributed by atoms with van der Waals surface area (Å²) in [6, 6.07) is 13.2. The summed E-state index contributed by atoms with van der Waals surface area (Å²) in [5.74, 6) is 0.657.